The molecule has 0 radical (unpaired) electrons. The van der Waals surface area contributed by atoms with E-state index in [-0.39, 0.29) is 5.92 Å². The molecular formula is C13H17NO2. The topological polar surface area (TPSA) is 40.5 Å². The summed E-state index contributed by atoms with van der Waals surface area (Å²) in [4.78, 5) is 13.0. The van der Waals surface area contributed by atoms with Gasteiger partial charge in [-0.15, -0.1) is 0 Å². The number of rotatable bonds is 3. The average molecular weight is 219 g/mol. The van der Waals surface area contributed by atoms with Gasteiger partial charge < -0.3 is 5.11 Å². The maximum absolute atomic E-state index is 10.8. The lowest BCUT2D eigenvalue weighted by atomic mass is 10.1. The molecule has 1 unspecified atom stereocenters. The Morgan fingerprint density at radius 3 is 2.69 bits per heavy atom. The fourth-order valence-corrected chi connectivity index (χ4v) is 2.13. The Morgan fingerprint density at radius 1 is 1.44 bits per heavy atom. The highest BCUT2D eigenvalue weighted by Crippen LogP contribution is 2.18. The molecule has 86 valence electrons. The van der Waals surface area contributed by atoms with Gasteiger partial charge in [-0.2, -0.15) is 0 Å². The van der Waals surface area contributed by atoms with Gasteiger partial charge >= 0.3 is 5.97 Å². The molecule has 0 amide bonds. The van der Waals surface area contributed by atoms with Gasteiger partial charge in [0.1, 0.15) is 0 Å². The second-order valence-corrected chi connectivity index (χ2v) is 4.54. The van der Waals surface area contributed by atoms with Gasteiger partial charge in [0.05, 0.1) is 5.92 Å². The van der Waals surface area contributed by atoms with Crippen LogP contribution in [-0.4, -0.2) is 29.1 Å². The molecule has 1 aromatic rings. The molecule has 1 saturated heterocycles. The van der Waals surface area contributed by atoms with Gasteiger partial charge in [-0.05, 0) is 25.5 Å². The molecule has 1 aliphatic rings. The fraction of sp³-hybridized carbons (Fsp3) is 0.462. The second kappa shape index (κ2) is 4.66. The minimum atomic E-state index is -0.661. The Morgan fingerprint density at radius 2 is 2.12 bits per heavy atom. The number of carboxylic acids is 1. The average Bonchev–Trinajstić information content (AvgIpc) is 2.70. The second-order valence-electron chi connectivity index (χ2n) is 4.54. The fourth-order valence-electron chi connectivity index (χ4n) is 2.13. The smallest absolute Gasteiger partial charge is 0.307 e. The van der Waals surface area contributed by atoms with Crippen molar-refractivity contribution in [1.82, 2.24) is 4.90 Å². The number of likely N-dealkylation sites (tertiary alicyclic amines) is 1. The van der Waals surface area contributed by atoms with Gasteiger partial charge in [-0.25, -0.2) is 0 Å². The molecular weight excluding hydrogens is 202 g/mol. The van der Waals surface area contributed by atoms with Crippen molar-refractivity contribution in [3.8, 4) is 0 Å². The molecule has 2 rings (SSSR count). The van der Waals surface area contributed by atoms with E-state index in [1.807, 2.05) is 0 Å². The lowest BCUT2D eigenvalue weighted by Gasteiger charge is -2.15. The predicted molar refractivity (Wildman–Crippen MR) is 62.2 cm³/mol. The van der Waals surface area contributed by atoms with E-state index in [0.717, 1.165) is 19.5 Å². The maximum Gasteiger partial charge on any atom is 0.307 e. The van der Waals surface area contributed by atoms with Crippen LogP contribution < -0.4 is 0 Å². The minimum absolute atomic E-state index is 0.176. The van der Waals surface area contributed by atoms with Crippen LogP contribution >= 0.6 is 0 Å². The number of hydrogen-bond donors (Lipinski definition) is 1. The van der Waals surface area contributed by atoms with Crippen molar-refractivity contribution in [1.29, 1.82) is 0 Å². The van der Waals surface area contributed by atoms with Crippen molar-refractivity contribution in [3.63, 3.8) is 0 Å². The highest BCUT2D eigenvalue weighted by atomic mass is 16.4. The van der Waals surface area contributed by atoms with E-state index in [1.165, 1.54) is 11.1 Å². The van der Waals surface area contributed by atoms with Crippen LogP contribution in [-0.2, 0) is 11.3 Å². The van der Waals surface area contributed by atoms with Crippen molar-refractivity contribution >= 4 is 5.97 Å². The van der Waals surface area contributed by atoms with Crippen molar-refractivity contribution in [2.24, 2.45) is 5.92 Å². The van der Waals surface area contributed by atoms with Gasteiger partial charge in [0.2, 0.25) is 0 Å². The number of carbonyl (C=O) groups is 1. The number of aryl methyl sites for hydroxylation is 1. The van der Waals surface area contributed by atoms with E-state index >= 15 is 0 Å². The third-order valence-electron chi connectivity index (χ3n) is 3.15. The first-order valence-corrected chi connectivity index (χ1v) is 5.66. The Bertz CT molecular complexity index is 372. The number of benzene rings is 1. The van der Waals surface area contributed by atoms with Gasteiger partial charge in [-0.3, -0.25) is 9.69 Å². The standard InChI is InChI=1S/C13H17NO2/c1-10-2-4-11(5-3-10)8-14-7-6-12(9-14)13(15)16/h2-5,12H,6-9H2,1H3,(H,15,16). The molecule has 0 spiro atoms. The summed E-state index contributed by atoms with van der Waals surface area (Å²) in [7, 11) is 0. The molecule has 1 heterocycles. The van der Waals surface area contributed by atoms with Crippen LogP contribution in [0.5, 0.6) is 0 Å². The highest BCUT2D eigenvalue weighted by molar-refractivity contribution is 5.70. The van der Waals surface area contributed by atoms with E-state index in [2.05, 4.69) is 36.1 Å². The summed E-state index contributed by atoms with van der Waals surface area (Å²) in [6.07, 6.45) is 0.779. The predicted octanol–water partition coefficient (Wildman–Crippen LogP) is 1.90. The Kier molecular flexibility index (Phi) is 3.25. The molecule has 16 heavy (non-hydrogen) atoms. The minimum Gasteiger partial charge on any atom is -0.481 e. The zero-order valence-electron chi connectivity index (χ0n) is 9.52. The van der Waals surface area contributed by atoms with E-state index in [9.17, 15) is 4.79 Å². The number of aliphatic carboxylic acids is 1. The molecule has 0 bridgehead atoms. The molecule has 0 aliphatic carbocycles. The molecule has 3 nitrogen and oxygen atoms in total. The molecule has 1 N–H and O–H groups in total. The zero-order valence-corrected chi connectivity index (χ0v) is 9.52. The first-order valence-electron chi connectivity index (χ1n) is 5.66. The Labute approximate surface area is 95.7 Å². The van der Waals surface area contributed by atoms with E-state index < -0.39 is 5.97 Å². The number of nitrogens with zero attached hydrogens (tertiary/aromatic N) is 1. The SMILES string of the molecule is Cc1ccc(CN2CCC(C(=O)O)C2)cc1. The summed E-state index contributed by atoms with van der Waals surface area (Å²) in [5.74, 6) is -0.836. The van der Waals surface area contributed by atoms with E-state index in [0.29, 0.717) is 6.54 Å². The van der Waals surface area contributed by atoms with Crippen molar-refractivity contribution < 1.29 is 9.90 Å². The number of carboxylic acid groups (broad SMARTS) is 1. The van der Waals surface area contributed by atoms with Gasteiger partial charge in [0, 0.05) is 13.1 Å². The summed E-state index contributed by atoms with van der Waals surface area (Å²) < 4.78 is 0. The van der Waals surface area contributed by atoms with Gasteiger partial charge in [-0.1, -0.05) is 29.8 Å². The lowest BCUT2D eigenvalue weighted by Crippen LogP contribution is -2.22. The maximum atomic E-state index is 10.8. The van der Waals surface area contributed by atoms with Crippen LogP contribution in [0.4, 0.5) is 0 Å². The Balaban J connectivity index is 1.92. The van der Waals surface area contributed by atoms with Crippen LogP contribution in [0.1, 0.15) is 17.5 Å². The molecule has 0 saturated carbocycles. The van der Waals surface area contributed by atoms with Crippen LogP contribution in [0, 0.1) is 12.8 Å². The quantitative estimate of drug-likeness (QED) is 0.844. The van der Waals surface area contributed by atoms with Crippen molar-refractivity contribution in [3.05, 3.63) is 35.4 Å². The highest BCUT2D eigenvalue weighted by Gasteiger charge is 2.27. The summed E-state index contributed by atoms with van der Waals surface area (Å²) in [6.45, 7) is 4.51. The molecule has 0 aromatic heterocycles. The van der Waals surface area contributed by atoms with E-state index in [1.54, 1.807) is 0 Å². The first kappa shape index (κ1) is 11.1. The van der Waals surface area contributed by atoms with Crippen molar-refractivity contribution in [2.45, 2.75) is 19.9 Å². The van der Waals surface area contributed by atoms with Crippen LogP contribution in [0.25, 0.3) is 0 Å². The first-order chi connectivity index (χ1) is 7.65. The monoisotopic (exact) mass is 219 g/mol. The molecule has 1 fully saturated rings. The zero-order chi connectivity index (χ0) is 11.5. The molecule has 1 aromatic carbocycles. The van der Waals surface area contributed by atoms with Crippen LogP contribution in [0.15, 0.2) is 24.3 Å². The van der Waals surface area contributed by atoms with Crippen LogP contribution in [0.3, 0.4) is 0 Å². The lowest BCUT2D eigenvalue weighted by molar-refractivity contribution is -0.141. The van der Waals surface area contributed by atoms with Crippen molar-refractivity contribution in [2.75, 3.05) is 13.1 Å². The summed E-state index contributed by atoms with van der Waals surface area (Å²) in [5.41, 5.74) is 2.52. The summed E-state index contributed by atoms with van der Waals surface area (Å²) in [5, 5.41) is 8.91. The summed E-state index contributed by atoms with van der Waals surface area (Å²) in [6, 6.07) is 8.42. The molecule has 1 atom stereocenters. The van der Waals surface area contributed by atoms with Crippen LogP contribution in [0.2, 0.25) is 0 Å². The summed E-state index contributed by atoms with van der Waals surface area (Å²) >= 11 is 0. The molecule has 1 aliphatic heterocycles. The number of hydrogen-bond acceptors (Lipinski definition) is 2. The van der Waals surface area contributed by atoms with E-state index in [4.69, 9.17) is 5.11 Å². The third kappa shape index (κ3) is 2.61. The molecule has 3 heteroatoms. The normalized spacial score (nSPS) is 21.2. The Hall–Kier alpha value is -1.35. The van der Waals surface area contributed by atoms with Gasteiger partial charge in [0.25, 0.3) is 0 Å². The third-order valence-corrected chi connectivity index (χ3v) is 3.15. The van der Waals surface area contributed by atoms with Gasteiger partial charge in [0.15, 0.2) is 0 Å². The largest absolute Gasteiger partial charge is 0.481 e.